The fourth-order valence-corrected chi connectivity index (χ4v) is 2.84. The molecule has 0 aliphatic carbocycles. The summed E-state index contributed by atoms with van der Waals surface area (Å²) in [7, 11) is 1.32. The number of esters is 1. The average Bonchev–Trinajstić information content (AvgIpc) is 2.98. The Bertz CT molecular complexity index is 989. The first-order valence-corrected chi connectivity index (χ1v) is 9.11. The third-order valence-electron chi connectivity index (χ3n) is 3.60. The molecule has 2 aromatic rings. The first kappa shape index (κ1) is 24.4. The van der Waals surface area contributed by atoms with E-state index in [1.165, 1.54) is 14.0 Å². The van der Waals surface area contributed by atoms with Crippen molar-refractivity contribution in [3.8, 4) is 11.4 Å². The van der Waals surface area contributed by atoms with Crippen LogP contribution in [0.2, 0.25) is 0 Å². The molecular formula is C16H13F7N4O3S. The molecule has 0 fully saturated rings. The Morgan fingerprint density at radius 2 is 1.84 bits per heavy atom. The highest BCUT2D eigenvalue weighted by atomic mass is 32.2. The first-order chi connectivity index (χ1) is 14.2. The van der Waals surface area contributed by atoms with E-state index in [0.717, 1.165) is 16.8 Å². The van der Waals surface area contributed by atoms with Crippen molar-refractivity contribution in [1.82, 2.24) is 20.1 Å². The van der Waals surface area contributed by atoms with Crippen LogP contribution in [-0.4, -0.2) is 51.5 Å². The molecule has 0 saturated carbocycles. The summed E-state index contributed by atoms with van der Waals surface area (Å²) < 4.78 is 92.8. The number of carbonyl (C=O) groups excluding carboxylic acids is 2. The number of aryl methyl sites for hydroxylation is 2. The van der Waals surface area contributed by atoms with Crippen LogP contribution in [0.5, 0.6) is 0 Å². The lowest BCUT2D eigenvalue weighted by atomic mass is 10.0. The predicted molar refractivity (Wildman–Crippen MR) is 92.4 cm³/mol. The van der Waals surface area contributed by atoms with Crippen LogP contribution in [0.15, 0.2) is 17.3 Å². The number of thioether (sulfide) groups is 1. The number of hydrogen-bond acceptors (Lipinski definition) is 6. The second-order valence-electron chi connectivity index (χ2n) is 5.98. The molecule has 170 valence electrons. The monoisotopic (exact) mass is 474 g/mol. The van der Waals surface area contributed by atoms with E-state index in [-0.39, 0.29) is 27.7 Å². The summed E-state index contributed by atoms with van der Waals surface area (Å²) in [5.41, 5.74) is -0.453. The van der Waals surface area contributed by atoms with Gasteiger partial charge in [0.05, 0.1) is 5.56 Å². The van der Waals surface area contributed by atoms with E-state index in [1.807, 2.05) is 0 Å². The molecule has 0 aliphatic rings. The zero-order chi connectivity index (χ0) is 23.6. The van der Waals surface area contributed by atoms with Gasteiger partial charge in [0.2, 0.25) is 5.16 Å². The van der Waals surface area contributed by atoms with Crippen LogP contribution in [0.25, 0.3) is 11.4 Å². The number of halogens is 7. The van der Waals surface area contributed by atoms with Gasteiger partial charge in [-0.05, 0) is 36.4 Å². The maximum atomic E-state index is 14.4. The van der Waals surface area contributed by atoms with Crippen LogP contribution in [0.3, 0.4) is 0 Å². The summed E-state index contributed by atoms with van der Waals surface area (Å²) in [6.07, 6.45) is -9.81. The minimum absolute atomic E-state index is 0.0664. The Morgan fingerprint density at radius 1 is 1.19 bits per heavy atom. The van der Waals surface area contributed by atoms with E-state index in [2.05, 4.69) is 14.8 Å². The minimum Gasteiger partial charge on any atom is -0.447 e. The second kappa shape index (κ2) is 9.11. The number of aromatic nitrogens is 3. The van der Waals surface area contributed by atoms with Gasteiger partial charge in [-0.15, -0.1) is 5.10 Å². The summed E-state index contributed by atoms with van der Waals surface area (Å²) in [6, 6.07) is 1.91. The van der Waals surface area contributed by atoms with E-state index < -0.39 is 42.5 Å². The number of alkyl halides is 6. The minimum atomic E-state index is -5.17. The fraction of sp³-hybridized carbons (Fsp3) is 0.375. The number of nitrogens with zero attached hydrogens (tertiary/aromatic N) is 3. The van der Waals surface area contributed by atoms with Crippen molar-refractivity contribution in [2.45, 2.75) is 24.4 Å². The summed E-state index contributed by atoms with van der Waals surface area (Å²) in [5.74, 6) is -5.29. The molecule has 1 aromatic heterocycles. The molecule has 2 rings (SSSR count). The van der Waals surface area contributed by atoms with E-state index in [4.69, 9.17) is 0 Å². The third kappa shape index (κ3) is 6.57. The van der Waals surface area contributed by atoms with Gasteiger partial charge >= 0.3 is 18.3 Å². The third-order valence-corrected chi connectivity index (χ3v) is 4.27. The van der Waals surface area contributed by atoms with Gasteiger partial charge in [0.25, 0.3) is 5.91 Å². The van der Waals surface area contributed by atoms with Gasteiger partial charge < -0.3 is 10.1 Å². The van der Waals surface area contributed by atoms with Crippen molar-refractivity contribution in [1.29, 1.82) is 0 Å². The SMILES string of the molecule is Cc1cc(F)c(-c2nc(SCOC(=O)C(F)(F)F)nn2C)cc1C(=O)NCC(F)(F)F. The molecular weight excluding hydrogens is 461 g/mol. The molecule has 0 bridgehead atoms. The zero-order valence-corrected chi connectivity index (χ0v) is 16.5. The highest BCUT2D eigenvalue weighted by molar-refractivity contribution is 7.99. The van der Waals surface area contributed by atoms with Crippen molar-refractivity contribution >= 4 is 23.6 Å². The van der Waals surface area contributed by atoms with Crippen LogP contribution >= 0.6 is 11.8 Å². The molecule has 1 aromatic carbocycles. The maximum Gasteiger partial charge on any atom is 0.490 e. The molecule has 1 amide bonds. The zero-order valence-electron chi connectivity index (χ0n) is 15.7. The number of hydrogen-bond donors (Lipinski definition) is 1. The lowest BCUT2D eigenvalue weighted by Gasteiger charge is -2.12. The molecule has 0 spiro atoms. The molecule has 0 saturated heterocycles. The Balaban J connectivity index is 2.22. The van der Waals surface area contributed by atoms with E-state index >= 15 is 0 Å². The normalized spacial score (nSPS) is 12.0. The van der Waals surface area contributed by atoms with Gasteiger partial charge in [0.15, 0.2) is 5.82 Å². The molecule has 15 heteroatoms. The summed E-state index contributed by atoms with van der Waals surface area (Å²) >= 11 is 0.512. The maximum absolute atomic E-state index is 14.4. The molecule has 31 heavy (non-hydrogen) atoms. The fourth-order valence-electron chi connectivity index (χ4n) is 2.24. The van der Waals surface area contributed by atoms with Gasteiger partial charge in [-0.2, -0.15) is 26.3 Å². The van der Waals surface area contributed by atoms with Gasteiger partial charge in [-0.1, -0.05) is 0 Å². The molecule has 7 nitrogen and oxygen atoms in total. The number of rotatable bonds is 6. The van der Waals surface area contributed by atoms with Gasteiger partial charge in [0.1, 0.15) is 18.3 Å². The van der Waals surface area contributed by atoms with Gasteiger partial charge in [-0.3, -0.25) is 4.79 Å². The van der Waals surface area contributed by atoms with E-state index in [0.29, 0.717) is 11.8 Å². The standard InChI is InChI=1S/C16H13F7N4O3S/c1-7-3-10(17)9(4-8(7)12(28)24-5-15(18,19)20)11-25-14(26-27(11)2)31-6-30-13(29)16(21,22)23/h3-4H,5-6H2,1-2H3,(H,24,28). The van der Waals surface area contributed by atoms with Gasteiger partial charge in [-0.25, -0.2) is 18.9 Å². The summed E-state index contributed by atoms with van der Waals surface area (Å²) in [5, 5.41) is 5.34. The summed E-state index contributed by atoms with van der Waals surface area (Å²) in [4.78, 5) is 26.6. The van der Waals surface area contributed by atoms with Crippen LogP contribution in [0.4, 0.5) is 30.7 Å². The molecule has 0 radical (unpaired) electrons. The quantitative estimate of drug-likeness (QED) is 0.299. The largest absolute Gasteiger partial charge is 0.490 e. The number of carbonyl (C=O) groups is 2. The molecule has 0 aliphatic heterocycles. The van der Waals surface area contributed by atoms with Crippen molar-refractivity contribution in [3.63, 3.8) is 0 Å². The topological polar surface area (TPSA) is 86.1 Å². The molecule has 1 N–H and O–H groups in total. The van der Waals surface area contributed by atoms with Crippen molar-refractivity contribution in [3.05, 3.63) is 29.1 Å². The Kier molecular flexibility index (Phi) is 7.18. The van der Waals surface area contributed by atoms with Crippen LogP contribution < -0.4 is 5.32 Å². The van der Waals surface area contributed by atoms with Gasteiger partial charge in [0, 0.05) is 12.6 Å². The molecule has 0 atom stereocenters. The highest BCUT2D eigenvalue weighted by Gasteiger charge is 2.41. The van der Waals surface area contributed by atoms with E-state index in [1.54, 1.807) is 5.32 Å². The lowest BCUT2D eigenvalue weighted by Crippen LogP contribution is -2.34. The van der Waals surface area contributed by atoms with Crippen molar-refractivity contribution < 1.29 is 45.1 Å². The highest BCUT2D eigenvalue weighted by Crippen LogP contribution is 2.27. The van der Waals surface area contributed by atoms with Crippen molar-refractivity contribution in [2.24, 2.45) is 7.05 Å². The van der Waals surface area contributed by atoms with E-state index in [9.17, 15) is 40.3 Å². The smallest absolute Gasteiger partial charge is 0.447 e. The second-order valence-corrected chi connectivity index (χ2v) is 6.87. The number of benzene rings is 1. The van der Waals surface area contributed by atoms with Crippen LogP contribution in [-0.2, 0) is 16.6 Å². The van der Waals surface area contributed by atoms with Crippen molar-refractivity contribution in [2.75, 3.05) is 12.5 Å². The van der Waals surface area contributed by atoms with Crippen LogP contribution in [0, 0.1) is 12.7 Å². The van der Waals surface area contributed by atoms with Crippen LogP contribution in [0.1, 0.15) is 15.9 Å². The number of amides is 1. The first-order valence-electron chi connectivity index (χ1n) is 8.12. The molecule has 0 unspecified atom stereocenters. The average molecular weight is 474 g/mol. The summed E-state index contributed by atoms with van der Waals surface area (Å²) in [6.45, 7) is -0.262. The Hall–Kier alpha value is -2.84. The Morgan fingerprint density at radius 3 is 2.42 bits per heavy atom. The predicted octanol–water partition coefficient (Wildman–Crippen LogP) is 3.38. The Labute approximate surface area is 174 Å². The number of ether oxygens (including phenoxy) is 1. The lowest BCUT2D eigenvalue weighted by molar-refractivity contribution is -0.197. The number of nitrogens with one attached hydrogen (secondary N) is 1. The molecule has 1 heterocycles.